The van der Waals surface area contributed by atoms with Gasteiger partial charge in [-0.25, -0.2) is 9.40 Å². The van der Waals surface area contributed by atoms with Crippen molar-refractivity contribution in [3.63, 3.8) is 0 Å². The first-order chi connectivity index (χ1) is 19.0. The van der Waals surface area contributed by atoms with Crippen LogP contribution in [-0.4, -0.2) is 26.9 Å². The SMILES string of the molecule is Cc1ccc(C)c(Cn2cc(SCC(=O)N3N=C(c4cccs4)C[C@@H]3c3ccc(F)cc3)c3ccccc32)c1. The lowest BCUT2D eigenvalue weighted by atomic mass is 10.0. The molecule has 1 atom stereocenters. The lowest BCUT2D eigenvalue weighted by Crippen LogP contribution is -2.28. The van der Waals surface area contributed by atoms with E-state index in [1.54, 1.807) is 40.2 Å². The van der Waals surface area contributed by atoms with Crippen LogP contribution in [0, 0.1) is 19.7 Å². The average Bonchev–Trinajstić information content (AvgIpc) is 3.69. The van der Waals surface area contributed by atoms with Gasteiger partial charge in [0.05, 0.1) is 22.4 Å². The predicted octanol–water partition coefficient (Wildman–Crippen LogP) is 7.98. The fourth-order valence-corrected chi connectivity index (χ4v) is 6.76. The van der Waals surface area contributed by atoms with Crippen LogP contribution in [0.5, 0.6) is 0 Å². The van der Waals surface area contributed by atoms with E-state index in [2.05, 4.69) is 61.0 Å². The number of thiophene rings is 1. The number of hydrogen-bond donors (Lipinski definition) is 0. The highest BCUT2D eigenvalue weighted by Gasteiger charge is 2.33. The van der Waals surface area contributed by atoms with Gasteiger partial charge in [0.1, 0.15) is 5.82 Å². The maximum absolute atomic E-state index is 13.6. The number of aryl methyl sites for hydroxylation is 2. The van der Waals surface area contributed by atoms with E-state index >= 15 is 0 Å². The molecule has 0 N–H and O–H groups in total. The van der Waals surface area contributed by atoms with Gasteiger partial charge in [0.15, 0.2) is 0 Å². The van der Waals surface area contributed by atoms with Crippen molar-refractivity contribution in [2.75, 3.05) is 5.75 Å². The first-order valence-corrected chi connectivity index (χ1v) is 14.8. The van der Waals surface area contributed by atoms with Gasteiger partial charge in [-0.05, 0) is 60.2 Å². The highest BCUT2D eigenvalue weighted by atomic mass is 32.2. The maximum Gasteiger partial charge on any atom is 0.253 e. The van der Waals surface area contributed by atoms with E-state index in [9.17, 15) is 9.18 Å². The Kier molecular flexibility index (Phi) is 7.11. The summed E-state index contributed by atoms with van der Waals surface area (Å²) in [4.78, 5) is 15.7. The monoisotopic (exact) mass is 553 g/mol. The molecule has 2 aromatic heterocycles. The van der Waals surface area contributed by atoms with Crippen molar-refractivity contribution < 1.29 is 9.18 Å². The Morgan fingerprint density at radius 2 is 1.87 bits per heavy atom. The molecule has 0 radical (unpaired) electrons. The Morgan fingerprint density at radius 1 is 1.05 bits per heavy atom. The van der Waals surface area contributed by atoms with Gasteiger partial charge in [-0.3, -0.25) is 4.79 Å². The van der Waals surface area contributed by atoms with Gasteiger partial charge in [0.2, 0.25) is 0 Å². The quantitative estimate of drug-likeness (QED) is 0.192. The molecular formula is C32H28FN3OS2. The molecule has 0 spiro atoms. The molecule has 6 rings (SSSR count). The van der Waals surface area contributed by atoms with E-state index in [1.807, 2.05) is 23.6 Å². The number of carbonyl (C=O) groups excluding carboxylic acids is 1. The van der Waals surface area contributed by atoms with Crippen LogP contribution in [0.1, 0.15) is 39.6 Å². The van der Waals surface area contributed by atoms with Crippen LogP contribution in [0.15, 0.2) is 100 Å². The number of hydrogen-bond acceptors (Lipinski definition) is 4. The minimum Gasteiger partial charge on any atom is -0.342 e. The highest BCUT2D eigenvalue weighted by Crippen LogP contribution is 2.36. The second-order valence-corrected chi connectivity index (χ2v) is 11.9. The van der Waals surface area contributed by atoms with E-state index in [0.717, 1.165) is 38.5 Å². The van der Waals surface area contributed by atoms with Crippen LogP contribution in [-0.2, 0) is 11.3 Å². The molecule has 0 unspecified atom stereocenters. The summed E-state index contributed by atoms with van der Waals surface area (Å²) in [6, 6.07) is 25.1. The van der Waals surface area contributed by atoms with Crippen molar-refractivity contribution in [3.05, 3.63) is 123 Å². The summed E-state index contributed by atoms with van der Waals surface area (Å²) >= 11 is 3.16. The van der Waals surface area contributed by atoms with Crippen molar-refractivity contribution in [1.82, 2.24) is 9.58 Å². The van der Waals surface area contributed by atoms with Crippen LogP contribution in [0.3, 0.4) is 0 Å². The third kappa shape index (κ3) is 5.29. The summed E-state index contributed by atoms with van der Waals surface area (Å²) in [6.07, 6.45) is 2.77. The average molecular weight is 554 g/mol. The smallest absolute Gasteiger partial charge is 0.253 e. The van der Waals surface area contributed by atoms with Gasteiger partial charge in [0, 0.05) is 35.0 Å². The molecule has 196 valence electrons. The fourth-order valence-electron chi connectivity index (χ4n) is 5.10. The molecule has 0 aliphatic carbocycles. The summed E-state index contributed by atoms with van der Waals surface area (Å²) in [5.74, 6) is -0.0924. The van der Waals surface area contributed by atoms with Crippen molar-refractivity contribution in [1.29, 1.82) is 0 Å². The van der Waals surface area contributed by atoms with E-state index in [0.29, 0.717) is 6.42 Å². The number of rotatable bonds is 7. The Hall–Kier alpha value is -3.68. The van der Waals surface area contributed by atoms with Crippen molar-refractivity contribution in [2.45, 2.75) is 37.8 Å². The van der Waals surface area contributed by atoms with Crippen molar-refractivity contribution >= 4 is 45.6 Å². The van der Waals surface area contributed by atoms with Crippen LogP contribution >= 0.6 is 23.1 Å². The van der Waals surface area contributed by atoms with E-state index in [1.165, 1.54) is 28.8 Å². The number of amides is 1. The maximum atomic E-state index is 13.6. The van der Waals surface area contributed by atoms with Gasteiger partial charge in [-0.2, -0.15) is 5.10 Å². The molecule has 1 aliphatic heterocycles. The zero-order valence-corrected chi connectivity index (χ0v) is 23.4. The summed E-state index contributed by atoms with van der Waals surface area (Å²) < 4.78 is 15.9. The van der Waals surface area contributed by atoms with Crippen molar-refractivity contribution in [3.8, 4) is 0 Å². The molecular weight excluding hydrogens is 526 g/mol. The predicted molar refractivity (Wildman–Crippen MR) is 159 cm³/mol. The summed E-state index contributed by atoms with van der Waals surface area (Å²) in [5, 5.41) is 9.52. The number of nitrogens with zero attached hydrogens (tertiary/aromatic N) is 3. The standard InChI is InChI=1S/C32H28FN3OS2/c1-21-9-10-22(2)24(16-21)18-35-19-31(26-6-3-4-7-28(26)35)39-20-32(37)36-29(23-11-13-25(33)14-12-23)17-27(34-36)30-8-5-15-38-30/h3-16,19,29H,17-18,20H2,1-2H3/t29-/m1/s1. The minimum atomic E-state index is -0.290. The molecule has 0 saturated heterocycles. The topological polar surface area (TPSA) is 37.6 Å². The summed E-state index contributed by atoms with van der Waals surface area (Å²) in [7, 11) is 0. The molecule has 3 aromatic carbocycles. The van der Waals surface area contributed by atoms with Crippen molar-refractivity contribution in [2.24, 2.45) is 5.10 Å². The first-order valence-electron chi connectivity index (χ1n) is 12.9. The number of para-hydroxylation sites is 1. The van der Waals surface area contributed by atoms with Gasteiger partial charge in [-0.15, -0.1) is 23.1 Å². The Bertz CT molecular complexity index is 1670. The number of thioether (sulfide) groups is 1. The molecule has 1 amide bonds. The summed E-state index contributed by atoms with van der Waals surface area (Å²) in [6.45, 7) is 5.04. The van der Waals surface area contributed by atoms with Gasteiger partial charge in [-0.1, -0.05) is 60.2 Å². The number of hydrazone groups is 1. The molecule has 0 fully saturated rings. The van der Waals surface area contributed by atoms with Crippen LogP contribution in [0.4, 0.5) is 4.39 Å². The van der Waals surface area contributed by atoms with E-state index < -0.39 is 0 Å². The second-order valence-electron chi connectivity index (χ2n) is 9.89. The lowest BCUT2D eigenvalue weighted by molar-refractivity contribution is -0.130. The molecule has 0 bridgehead atoms. The van der Waals surface area contributed by atoms with Crippen LogP contribution in [0.25, 0.3) is 10.9 Å². The summed E-state index contributed by atoms with van der Waals surface area (Å²) in [5.41, 5.74) is 6.73. The number of fused-ring (bicyclic) bond motifs is 1. The molecule has 5 aromatic rings. The largest absolute Gasteiger partial charge is 0.342 e. The molecule has 39 heavy (non-hydrogen) atoms. The Balaban J connectivity index is 1.26. The number of carbonyl (C=O) groups is 1. The molecule has 0 saturated carbocycles. The van der Waals surface area contributed by atoms with Gasteiger partial charge >= 0.3 is 0 Å². The first kappa shape index (κ1) is 25.6. The van der Waals surface area contributed by atoms with Gasteiger partial charge < -0.3 is 4.57 Å². The number of halogens is 1. The Labute approximate surface area is 235 Å². The van der Waals surface area contributed by atoms with Crippen LogP contribution < -0.4 is 0 Å². The third-order valence-corrected chi connectivity index (χ3v) is 9.12. The third-order valence-electron chi connectivity index (χ3n) is 7.17. The zero-order valence-electron chi connectivity index (χ0n) is 21.8. The van der Waals surface area contributed by atoms with Gasteiger partial charge in [0.25, 0.3) is 5.91 Å². The normalized spacial score (nSPS) is 15.2. The number of benzene rings is 3. The highest BCUT2D eigenvalue weighted by molar-refractivity contribution is 8.00. The molecule has 1 aliphatic rings. The molecule has 3 heterocycles. The number of aromatic nitrogens is 1. The Morgan fingerprint density at radius 3 is 2.67 bits per heavy atom. The second kappa shape index (κ2) is 10.8. The minimum absolute atomic E-state index is 0.0627. The fraction of sp³-hybridized carbons (Fsp3) is 0.188. The van der Waals surface area contributed by atoms with E-state index in [-0.39, 0.29) is 23.5 Å². The lowest BCUT2D eigenvalue weighted by Gasteiger charge is -2.22. The van der Waals surface area contributed by atoms with E-state index in [4.69, 9.17) is 5.10 Å². The van der Waals surface area contributed by atoms with Crippen LogP contribution in [0.2, 0.25) is 0 Å². The molecule has 7 heteroatoms. The molecule has 4 nitrogen and oxygen atoms in total. The zero-order chi connectivity index (χ0) is 26.9.